The van der Waals surface area contributed by atoms with Gasteiger partial charge < -0.3 is 15.0 Å². The van der Waals surface area contributed by atoms with Crippen molar-refractivity contribution in [2.75, 3.05) is 19.7 Å². The van der Waals surface area contributed by atoms with Crippen LogP contribution in [0.2, 0.25) is 0 Å². The van der Waals surface area contributed by atoms with Gasteiger partial charge in [0.2, 0.25) is 17.7 Å². The maximum absolute atomic E-state index is 13.3. The van der Waals surface area contributed by atoms with Gasteiger partial charge in [0.15, 0.2) is 0 Å². The van der Waals surface area contributed by atoms with Crippen molar-refractivity contribution in [3.8, 4) is 0 Å². The molecule has 2 rings (SSSR count). The standard InChI is InChI=1S/C20H34F2N2O3.C2H6/c1-14(27-13-16-5-7-20(21,22)8-6-16)17(23-15(2)25)18(26)24-11-9-19(3,4)10-12-24;1-2/h14,16-17H,5-13H2,1-4H3,(H,23,25);1-2H3. The van der Waals surface area contributed by atoms with Gasteiger partial charge in [0.25, 0.3) is 0 Å². The Morgan fingerprint density at radius 3 is 2.10 bits per heavy atom. The van der Waals surface area contributed by atoms with Crippen LogP contribution in [-0.4, -0.2) is 54.5 Å². The highest BCUT2D eigenvalue weighted by Crippen LogP contribution is 2.36. The Hall–Kier alpha value is -1.24. The Labute approximate surface area is 174 Å². The highest BCUT2D eigenvalue weighted by molar-refractivity contribution is 5.87. The van der Waals surface area contributed by atoms with E-state index in [0.717, 1.165) is 12.8 Å². The summed E-state index contributed by atoms with van der Waals surface area (Å²) in [5, 5.41) is 2.72. The third-order valence-corrected chi connectivity index (χ3v) is 5.95. The maximum atomic E-state index is 13.3. The van der Waals surface area contributed by atoms with E-state index in [1.54, 1.807) is 11.8 Å². The van der Waals surface area contributed by atoms with Gasteiger partial charge in [-0.25, -0.2) is 8.78 Å². The number of piperidine rings is 1. The lowest BCUT2D eigenvalue weighted by Gasteiger charge is -2.39. The van der Waals surface area contributed by atoms with Gasteiger partial charge in [-0.15, -0.1) is 0 Å². The summed E-state index contributed by atoms with van der Waals surface area (Å²) in [5.41, 5.74) is 0.228. The number of alkyl halides is 2. The van der Waals surface area contributed by atoms with Crippen molar-refractivity contribution in [3.05, 3.63) is 0 Å². The highest BCUT2D eigenvalue weighted by atomic mass is 19.3. The topological polar surface area (TPSA) is 58.6 Å². The van der Waals surface area contributed by atoms with E-state index in [4.69, 9.17) is 4.74 Å². The molecule has 29 heavy (non-hydrogen) atoms. The molecule has 0 spiro atoms. The number of nitrogens with zero attached hydrogens (tertiary/aromatic N) is 1. The largest absolute Gasteiger partial charge is 0.376 e. The SMILES string of the molecule is CC.CC(=O)NC(C(=O)N1CCC(C)(C)CC1)C(C)OCC1CCC(F)(F)CC1. The van der Waals surface area contributed by atoms with Crippen molar-refractivity contribution in [3.63, 3.8) is 0 Å². The molecule has 2 aliphatic rings. The molecule has 2 atom stereocenters. The predicted octanol–water partition coefficient (Wildman–Crippen LogP) is 4.40. The van der Waals surface area contributed by atoms with E-state index in [0.29, 0.717) is 32.5 Å². The lowest BCUT2D eigenvalue weighted by Crippen LogP contribution is -2.56. The molecule has 2 unspecified atom stereocenters. The van der Waals surface area contributed by atoms with E-state index < -0.39 is 18.1 Å². The number of carbonyl (C=O) groups is 2. The fraction of sp³-hybridized carbons (Fsp3) is 0.909. The van der Waals surface area contributed by atoms with E-state index in [-0.39, 0.29) is 36.0 Å². The molecule has 1 aliphatic heterocycles. The molecule has 5 nitrogen and oxygen atoms in total. The smallest absolute Gasteiger partial charge is 0.248 e. The second-order valence-electron chi connectivity index (χ2n) is 9.01. The summed E-state index contributed by atoms with van der Waals surface area (Å²) in [7, 11) is 0. The van der Waals surface area contributed by atoms with Crippen molar-refractivity contribution in [2.45, 2.75) is 98.1 Å². The van der Waals surface area contributed by atoms with Gasteiger partial charge in [-0.05, 0) is 43.9 Å². The first-order chi connectivity index (χ1) is 13.5. The zero-order valence-corrected chi connectivity index (χ0v) is 19.0. The second kappa shape index (κ2) is 11.2. The van der Waals surface area contributed by atoms with E-state index in [9.17, 15) is 18.4 Å². The molecule has 1 saturated carbocycles. The quantitative estimate of drug-likeness (QED) is 0.696. The highest BCUT2D eigenvalue weighted by Gasteiger charge is 2.37. The average Bonchev–Trinajstić information content (AvgIpc) is 2.66. The first-order valence-electron chi connectivity index (χ1n) is 11.0. The Bertz CT molecular complexity index is 520. The summed E-state index contributed by atoms with van der Waals surface area (Å²) in [4.78, 5) is 26.4. The monoisotopic (exact) mass is 418 g/mol. The van der Waals surface area contributed by atoms with Crippen molar-refractivity contribution in [2.24, 2.45) is 11.3 Å². The molecule has 2 amide bonds. The van der Waals surface area contributed by atoms with Crippen LogP contribution in [0.5, 0.6) is 0 Å². The minimum atomic E-state index is -2.56. The van der Waals surface area contributed by atoms with Crippen LogP contribution >= 0.6 is 0 Å². The zero-order chi connectivity index (χ0) is 22.2. The normalized spacial score (nSPS) is 23.4. The van der Waals surface area contributed by atoms with Gasteiger partial charge in [-0.3, -0.25) is 9.59 Å². The third kappa shape index (κ3) is 8.57. The Morgan fingerprint density at radius 2 is 1.62 bits per heavy atom. The zero-order valence-electron chi connectivity index (χ0n) is 19.0. The number of nitrogens with one attached hydrogen (secondary N) is 1. The van der Waals surface area contributed by atoms with Gasteiger partial charge >= 0.3 is 0 Å². The number of ether oxygens (including phenoxy) is 1. The van der Waals surface area contributed by atoms with Crippen LogP contribution < -0.4 is 5.32 Å². The van der Waals surface area contributed by atoms with E-state index in [2.05, 4.69) is 19.2 Å². The molecule has 1 N–H and O–H groups in total. The van der Waals surface area contributed by atoms with Crippen molar-refractivity contribution >= 4 is 11.8 Å². The first-order valence-corrected chi connectivity index (χ1v) is 11.0. The van der Waals surface area contributed by atoms with Crippen LogP contribution in [0.15, 0.2) is 0 Å². The minimum Gasteiger partial charge on any atom is -0.376 e. The molecule has 0 bridgehead atoms. The van der Waals surface area contributed by atoms with Crippen LogP contribution in [0.3, 0.4) is 0 Å². The van der Waals surface area contributed by atoms with Gasteiger partial charge in [-0.1, -0.05) is 27.7 Å². The fourth-order valence-corrected chi connectivity index (χ4v) is 3.78. The van der Waals surface area contributed by atoms with Crippen LogP contribution in [0, 0.1) is 11.3 Å². The lowest BCUT2D eigenvalue weighted by molar-refractivity contribution is -0.142. The molecule has 7 heteroatoms. The number of hydrogen-bond acceptors (Lipinski definition) is 3. The predicted molar refractivity (Wildman–Crippen MR) is 111 cm³/mol. The summed E-state index contributed by atoms with van der Waals surface area (Å²) in [6, 6.07) is -0.742. The summed E-state index contributed by atoms with van der Waals surface area (Å²) in [6.07, 6.45) is 2.01. The minimum absolute atomic E-state index is 0.0796. The van der Waals surface area contributed by atoms with Crippen molar-refractivity contribution in [1.82, 2.24) is 10.2 Å². The molecule has 2 fully saturated rings. The molecule has 0 aromatic carbocycles. The van der Waals surface area contributed by atoms with Crippen LogP contribution in [-0.2, 0) is 14.3 Å². The number of carbonyl (C=O) groups excluding carboxylic acids is 2. The molecule has 0 aromatic rings. The molecular weight excluding hydrogens is 378 g/mol. The van der Waals surface area contributed by atoms with Crippen LogP contribution in [0.1, 0.15) is 80.1 Å². The summed E-state index contributed by atoms with van der Waals surface area (Å²) in [6.45, 7) is 13.2. The average molecular weight is 419 g/mol. The lowest BCUT2D eigenvalue weighted by atomic mass is 9.82. The number of hydrogen-bond donors (Lipinski definition) is 1. The van der Waals surface area contributed by atoms with E-state index in [1.165, 1.54) is 6.92 Å². The maximum Gasteiger partial charge on any atom is 0.248 e. The number of likely N-dealkylation sites (tertiary alicyclic amines) is 1. The summed E-state index contributed by atoms with van der Waals surface area (Å²) < 4.78 is 32.4. The van der Waals surface area contributed by atoms with Crippen LogP contribution in [0.4, 0.5) is 8.78 Å². The first kappa shape index (κ1) is 25.8. The molecule has 1 aliphatic carbocycles. The molecule has 1 heterocycles. The number of rotatable bonds is 6. The fourth-order valence-electron chi connectivity index (χ4n) is 3.78. The number of halogens is 2. The molecular formula is C22H40F2N2O3. The molecule has 0 aromatic heterocycles. The van der Waals surface area contributed by atoms with E-state index >= 15 is 0 Å². The Kier molecular flexibility index (Phi) is 9.99. The van der Waals surface area contributed by atoms with Gasteiger partial charge in [0.05, 0.1) is 6.10 Å². The number of amides is 2. The van der Waals surface area contributed by atoms with Crippen molar-refractivity contribution < 1.29 is 23.1 Å². The summed E-state index contributed by atoms with van der Waals surface area (Å²) >= 11 is 0. The van der Waals surface area contributed by atoms with Crippen molar-refractivity contribution in [1.29, 1.82) is 0 Å². The van der Waals surface area contributed by atoms with E-state index in [1.807, 2.05) is 13.8 Å². The molecule has 170 valence electrons. The Morgan fingerprint density at radius 1 is 1.10 bits per heavy atom. The summed E-state index contributed by atoms with van der Waals surface area (Å²) in [5.74, 6) is -2.88. The molecule has 1 saturated heterocycles. The second-order valence-corrected chi connectivity index (χ2v) is 9.01. The van der Waals surface area contributed by atoms with Crippen LogP contribution in [0.25, 0.3) is 0 Å². The van der Waals surface area contributed by atoms with Gasteiger partial charge in [0.1, 0.15) is 6.04 Å². The van der Waals surface area contributed by atoms with Gasteiger partial charge in [-0.2, -0.15) is 0 Å². The van der Waals surface area contributed by atoms with Gasteiger partial charge in [0, 0.05) is 39.5 Å². The third-order valence-electron chi connectivity index (χ3n) is 5.95. The molecule has 0 radical (unpaired) electrons. The Balaban J connectivity index is 0.00000204.